The molecule has 1 aromatic heterocycles. The summed E-state index contributed by atoms with van der Waals surface area (Å²) in [4.78, 5) is 28.0. The van der Waals surface area contributed by atoms with Crippen molar-refractivity contribution in [3.05, 3.63) is 111 Å². The molecule has 33 heavy (non-hydrogen) atoms. The minimum absolute atomic E-state index is 0.0254. The maximum absolute atomic E-state index is 13.6. The zero-order valence-electron chi connectivity index (χ0n) is 16.8. The van der Waals surface area contributed by atoms with Crippen LogP contribution < -0.4 is 4.90 Å². The molecule has 1 unspecified atom stereocenters. The Morgan fingerprint density at radius 1 is 1.03 bits per heavy atom. The van der Waals surface area contributed by atoms with Crippen molar-refractivity contribution in [3.63, 3.8) is 0 Å². The molecule has 0 aliphatic carbocycles. The fourth-order valence-electron chi connectivity index (χ4n) is 3.92. The van der Waals surface area contributed by atoms with Gasteiger partial charge in [-0.25, -0.2) is 4.39 Å². The van der Waals surface area contributed by atoms with Crippen molar-refractivity contribution in [2.75, 3.05) is 4.90 Å². The largest absolute Gasteiger partial charge is 0.503 e. The summed E-state index contributed by atoms with van der Waals surface area (Å²) in [6.07, 6.45) is 0. The molecule has 1 aliphatic heterocycles. The van der Waals surface area contributed by atoms with Crippen molar-refractivity contribution < 1.29 is 23.5 Å². The van der Waals surface area contributed by atoms with E-state index in [1.165, 1.54) is 29.2 Å². The van der Waals surface area contributed by atoms with E-state index in [9.17, 15) is 19.1 Å². The number of aliphatic hydroxyl groups excluding tert-OH is 1. The van der Waals surface area contributed by atoms with E-state index in [0.29, 0.717) is 27.2 Å². The Morgan fingerprint density at radius 3 is 2.42 bits per heavy atom. The number of amides is 1. The van der Waals surface area contributed by atoms with Gasteiger partial charge in [-0.1, -0.05) is 39.7 Å². The van der Waals surface area contributed by atoms with E-state index in [0.717, 1.165) is 4.47 Å². The summed E-state index contributed by atoms with van der Waals surface area (Å²) in [5, 5.41) is 11.9. The lowest BCUT2D eigenvalue weighted by Gasteiger charge is -2.26. The number of Topliss-reactive ketones (excluding diaryl/α,β-unsaturated/α-hetero) is 1. The summed E-state index contributed by atoms with van der Waals surface area (Å²) in [6, 6.07) is 17.7. The van der Waals surface area contributed by atoms with Gasteiger partial charge in [0.2, 0.25) is 5.78 Å². The minimum atomic E-state index is -0.994. The molecule has 5 nitrogen and oxygen atoms in total. The molecule has 4 aromatic rings. The summed E-state index contributed by atoms with van der Waals surface area (Å²) < 4.78 is 20.1. The van der Waals surface area contributed by atoms with Crippen LogP contribution in [0.15, 0.2) is 93.0 Å². The van der Waals surface area contributed by atoms with Gasteiger partial charge in [-0.2, -0.15) is 0 Å². The summed E-state index contributed by atoms with van der Waals surface area (Å²) in [5.41, 5.74) is 1.20. The summed E-state index contributed by atoms with van der Waals surface area (Å²) >= 11 is 9.37. The zero-order valence-corrected chi connectivity index (χ0v) is 19.1. The zero-order chi connectivity index (χ0) is 23.3. The van der Waals surface area contributed by atoms with Crippen LogP contribution in [-0.2, 0) is 4.79 Å². The van der Waals surface area contributed by atoms with Crippen LogP contribution in [0.4, 0.5) is 10.1 Å². The van der Waals surface area contributed by atoms with E-state index in [2.05, 4.69) is 15.9 Å². The molecule has 164 valence electrons. The summed E-state index contributed by atoms with van der Waals surface area (Å²) in [6.45, 7) is 0. The number of aliphatic hydroxyl groups is 1. The number of carbonyl (C=O) groups excluding carboxylic acids is 2. The minimum Gasteiger partial charge on any atom is -0.503 e. The van der Waals surface area contributed by atoms with Gasteiger partial charge in [0.05, 0.1) is 11.6 Å². The highest BCUT2D eigenvalue weighted by Gasteiger charge is 2.45. The number of halogens is 3. The molecule has 0 bridgehead atoms. The van der Waals surface area contributed by atoms with Crippen LogP contribution in [0.3, 0.4) is 0 Å². The van der Waals surface area contributed by atoms with Gasteiger partial charge in [0.25, 0.3) is 5.91 Å². The smallest absolute Gasteiger partial charge is 0.294 e. The molecule has 0 radical (unpaired) electrons. The highest BCUT2D eigenvalue weighted by Crippen LogP contribution is 2.42. The molecular weight excluding hydrogens is 513 g/mol. The molecule has 5 rings (SSSR count). The lowest BCUT2D eigenvalue weighted by atomic mass is 9.94. The number of rotatable bonds is 4. The third kappa shape index (κ3) is 3.73. The Balaban J connectivity index is 1.65. The van der Waals surface area contributed by atoms with E-state index >= 15 is 0 Å². The molecule has 0 saturated carbocycles. The molecule has 1 aliphatic rings. The van der Waals surface area contributed by atoms with E-state index < -0.39 is 29.3 Å². The third-order valence-electron chi connectivity index (χ3n) is 5.45. The van der Waals surface area contributed by atoms with Gasteiger partial charge in [-0.15, -0.1) is 0 Å². The van der Waals surface area contributed by atoms with Crippen LogP contribution >= 0.6 is 27.5 Å². The van der Waals surface area contributed by atoms with Crippen LogP contribution in [0.2, 0.25) is 5.02 Å². The molecule has 3 aromatic carbocycles. The standard InChI is InChI=1S/C25H14BrClFNO4/c26-15-3-10-19-14(11-15)12-20(33-19)23(30)21-22(13-1-6-17(28)7-2-13)29(25(32)24(21)31)18-8-4-16(27)5-9-18/h1-12,22,31H. The van der Waals surface area contributed by atoms with Crippen molar-refractivity contribution in [2.45, 2.75) is 6.04 Å². The van der Waals surface area contributed by atoms with Gasteiger partial charge in [0, 0.05) is 20.6 Å². The van der Waals surface area contributed by atoms with Crippen LogP contribution in [0.5, 0.6) is 0 Å². The number of fused-ring (bicyclic) bond motifs is 1. The van der Waals surface area contributed by atoms with Gasteiger partial charge in [0.15, 0.2) is 11.5 Å². The lowest BCUT2D eigenvalue weighted by molar-refractivity contribution is -0.117. The number of carbonyl (C=O) groups is 2. The molecule has 0 fully saturated rings. The molecule has 0 saturated heterocycles. The fourth-order valence-corrected chi connectivity index (χ4v) is 4.43. The second-order valence-electron chi connectivity index (χ2n) is 7.49. The average Bonchev–Trinajstić information content (AvgIpc) is 3.33. The van der Waals surface area contributed by atoms with Crippen LogP contribution in [0.25, 0.3) is 11.0 Å². The van der Waals surface area contributed by atoms with Gasteiger partial charge >= 0.3 is 0 Å². The average molecular weight is 527 g/mol. The summed E-state index contributed by atoms with van der Waals surface area (Å²) in [5.74, 6) is -2.58. The number of hydrogen-bond acceptors (Lipinski definition) is 4. The normalized spacial score (nSPS) is 16.2. The number of ketones is 1. The van der Waals surface area contributed by atoms with Crippen LogP contribution in [0.1, 0.15) is 22.2 Å². The van der Waals surface area contributed by atoms with Gasteiger partial charge in [-0.3, -0.25) is 14.5 Å². The third-order valence-corrected chi connectivity index (χ3v) is 6.19. The second kappa shape index (κ2) is 8.17. The monoisotopic (exact) mass is 525 g/mol. The highest BCUT2D eigenvalue weighted by atomic mass is 79.9. The van der Waals surface area contributed by atoms with Crippen molar-refractivity contribution in [2.24, 2.45) is 0 Å². The Kier molecular flexibility index (Phi) is 5.31. The van der Waals surface area contributed by atoms with Gasteiger partial charge < -0.3 is 9.52 Å². The maximum Gasteiger partial charge on any atom is 0.294 e. The molecule has 0 spiro atoms. The van der Waals surface area contributed by atoms with E-state index in [1.807, 2.05) is 0 Å². The van der Waals surface area contributed by atoms with Crippen molar-refractivity contribution in [1.29, 1.82) is 0 Å². The number of hydrogen-bond donors (Lipinski definition) is 1. The van der Waals surface area contributed by atoms with E-state index in [1.54, 1.807) is 48.5 Å². The SMILES string of the molecule is O=C(C1=C(O)C(=O)N(c2ccc(Cl)cc2)C1c1ccc(F)cc1)c1cc2cc(Br)ccc2o1. The van der Waals surface area contributed by atoms with Crippen molar-refractivity contribution in [3.8, 4) is 0 Å². The lowest BCUT2D eigenvalue weighted by Crippen LogP contribution is -2.31. The predicted octanol–water partition coefficient (Wildman–Crippen LogP) is 6.77. The number of furan rings is 1. The number of nitrogens with zero attached hydrogens (tertiary/aromatic N) is 1. The quantitative estimate of drug-likeness (QED) is 0.298. The van der Waals surface area contributed by atoms with Crippen molar-refractivity contribution in [1.82, 2.24) is 0 Å². The van der Waals surface area contributed by atoms with Crippen molar-refractivity contribution >= 4 is 55.9 Å². The molecule has 1 atom stereocenters. The maximum atomic E-state index is 13.6. The fraction of sp³-hybridized carbons (Fsp3) is 0.0400. The Bertz CT molecular complexity index is 1440. The highest BCUT2D eigenvalue weighted by molar-refractivity contribution is 9.10. The van der Waals surface area contributed by atoms with Gasteiger partial charge in [-0.05, 0) is 66.2 Å². The van der Waals surface area contributed by atoms with Gasteiger partial charge in [0.1, 0.15) is 11.4 Å². The first-order valence-electron chi connectivity index (χ1n) is 9.85. The molecule has 2 heterocycles. The topological polar surface area (TPSA) is 70.8 Å². The predicted molar refractivity (Wildman–Crippen MR) is 126 cm³/mol. The first kappa shape index (κ1) is 21.4. The Morgan fingerprint density at radius 2 is 1.73 bits per heavy atom. The first-order chi connectivity index (χ1) is 15.8. The van der Waals surface area contributed by atoms with E-state index in [4.69, 9.17) is 16.0 Å². The molecule has 8 heteroatoms. The molecular formula is C25H14BrClFNO4. The van der Waals surface area contributed by atoms with E-state index in [-0.39, 0.29) is 11.3 Å². The Labute approximate surface area is 200 Å². The number of benzene rings is 3. The van der Waals surface area contributed by atoms with Crippen LogP contribution in [0, 0.1) is 5.82 Å². The summed E-state index contributed by atoms with van der Waals surface area (Å²) in [7, 11) is 0. The number of anilines is 1. The Hall–Kier alpha value is -3.42. The van der Waals surface area contributed by atoms with Crippen LogP contribution in [-0.4, -0.2) is 16.8 Å². The molecule has 1 N–H and O–H groups in total. The second-order valence-corrected chi connectivity index (χ2v) is 8.84. The molecule has 1 amide bonds. The first-order valence-corrected chi connectivity index (χ1v) is 11.0.